The average Bonchev–Trinajstić information content (AvgIpc) is 2.94. The monoisotopic (exact) mass is 417 g/mol. The Hall–Kier alpha value is -1.90. The van der Waals surface area contributed by atoms with E-state index in [0.717, 1.165) is 12.1 Å². The van der Waals surface area contributed by atoms with Crippen molar-refractivity contribution in [3.63, 3.8) is 0 Å². The third-order valence-corrected chi connectivity index (χ3v) is 5.51. The van der Waals surface area contributed by atoms with Gasteiger partial charge in [0, 0.05) is 25.2 Å². The van der Waals surface area contributed by atoms with Crippen LogP contribution in [0.2, 0.25) is 0 Å². The van der Waals surface area contributed by atoms with Crippen molar-refractivity contribution in [3.8, 4) is 0 Å². The summed E-state index contributed by atoms with van der Waals surface area (Å²) in [6.45, 7) is 8.68. The molecule has 5 nitrogen and oxygen atoms in total. The summed E-state index contributed by atoms with van der Waals surface area (Å²) in [6.07, 6.45) is -4.39. The van der Waals surface area contributed by atoms with E-state index in [2.05, 4.69) is 5.32 Å². The number of hydrogen-bond acceptors (Lipinski definition) is 3. The van der Waals surface area contributed by atoms with Crippen molar-refractivity contribution >= 4 is 23.7 Å². The summed E-state index contributed by atoms with van der Waals surface area (Å²) in [4.78, 5) is 27.9. The number of alkyl halides is 3. The van der Waals surface area contributed by atoms with Gasteiger partial charge in [-0.05, 0) is 45.4 Å². The first-order chi connectivity index (χ1) is 12.9. The quantitative estimate of drug-likeness (QED) is 0.785. The first-order valence-electron chi connectivity index (χ1n) is 9.07. The highest BCUT2D eigenvalue weighted by Gasteiger charge is 2.35. The molecule has 1 aliphatic heterocycles. The molecule has 1 fully saturated rings. The van der Waals surface area contributed by atoms with Gasteiger partial charge in [0.15, 0.2) is 0 Å². The summed E-state index contributed by atoms with van der Waals surface area (Å²) in [5.41, 5.74) is -0.439. The topological polar surface area (TPSA) is 52.7 Å². The van der Waals surface area contributed by atoms with Crippen LogP contribution in [0.5, 0.6) is 0 Å². The van der Waals surface area contributed by atoms with Gasteiger partial charge in [-0.15, -0.1) is 11.8 Å². The molecule has 0 bridgehead atoms. The smallest absolute Gasteiger partial charge is 0.333 e. The van der Waals surface area contributed by atoms with Crippen molar-refractivity contribution in [2.45, 2.75) is 44.8 Å². The third kappa shape index (κ3) is 5.80. The summed E-state index contributed by atoms with van der Waals surface area (Å²) in [5.74, 6) is 0.189. The fourth-order valence-corrected chi connectivity index (χ4v) is 4.06. The minimum atomic E-state index is -4.39. The van der Waals surface area contributed by atoms with Gasteiger partial charge in [-0.25, -0.2) is 4.79 Å². The van der Waals surface area contributed by atoms with Gasteiger partial charge >= 0.3 is 12.2 Å². The third-order valence-electron chi connectivity index (χ3n) is 4.25. The zero-order valence-corrected chi connectivity index (χ0v) is 17.3. The van der Waals surface area contributed by atoms with Crippen LogP contribution in [-0.2, 0) is 11.0 Å². The lowest BCUT2D eigenvalue weighted by atomic mass is 10.1. The van der Waals surface area contributed by atoms with E-state index < -0.39 is 11.7 Å². The van der Waals surface area contributed by atoms with Crippen LogP contribution in [0.3, 0.4) is 0 Å². The maximum absolute atomic E-state index is 12.8. The highest BCUT2D eigenvalue weighted by molar-refractivity contribution is 8.00. The summed E-state index contributed by atoms with van der Waals surface area (Å²) in [5, 5.41) is 2.54. The Morgan fingerprint density at radius 3 is 2.36 bits per heavy atom. The van der Waals surface area contributed by atoms with Gasteiger partial charge in [0.25, 0.3) is 0 Å². The first kappa shape index (κ1) is 22.4. The predicted octanol–water partition coefficient (Wildman–Crippen LogP) is 4.11. The fourth-order valence-electron chi connectivity index (χ4n) is 2.84. The molecule has 1 aromatic rings. The van der Waals surface area contributed by atoms with Crippen molar-refractivity contribution in [1.29, 1.82) is 0 Å². The molecule has 0 aromatic heterocycles. The van der Waals surface area contributed by atoms with Crippen LogP contribution in [-0.4, -0.2) is 52.7 Å². The molecule has 1 heterocycles. The Bertz CT molecular complexity index is 702. The number of benzene rings is 1. The number of nitrogens with one attached hydrogen (secondary N) is 1. The highest BCUT2D eigenvalue weighted by Crippen LogP contribution is 2.39. The Morgan fingerprint density at radius 1 is 1.25 bits per heavy atom. The van der Waals surface area contributed by atoms with Crippen molar-refractivity contribution in [3.05, 3.63) is 35.4 Å². The zero-order valence-electron chi connectivity index (χ0n) is 16.5. The minimum absolute atomic E-state index is 0.0813. The number of nitrogens with zero attached hydrogens (tertiary/aromatic N) is 2. The van der Waals surface area contributed by atoms with Gasteiger partial charge < -0.3 is 15.1 Å². The molecular formula is C19H26F3N3O2S. The fraction of sp³-hybridized carbons (Fsp3) is 0.579. The van der Waals surface area contributed by atoms with E-state index in [1.54, 1.807) is 9.80 Å². The zero-order chi connectivity index (χ0) is 21.1. The lowest BCUT2D eigenvalue weighted by molar-refractivity contribution is -0.137. The molecule has 1 N–H and O–H groups in total. The standard InChI is InChI=1S/C19H26F3N3O2S/c1-5-24(17(27)23-18(2,3)4)10-11-25-15(26)12-28-16(25)13-6-8-14(9-7-13)19(20,21)22/h6-9,16H,5,10-12H2,1-4H3,(H,23,27)/t16-/m0/s1. The van der Waals surface area contributed by atoms with Crippen LogP contribution in [0, 0.1) is 0 Å². The van der Waals surface area contributed by atoms with Crippen molar-refractivity contribution in [1.82, 2.24) is 15.1 Å². The number of urea groups is 1. The number of hydrogen-bond donors (Lipinski definition) is 1. The average molecular weight is 417 g/mol. The molecule has 3 amide bonds. The lowest BCUT2D eigenvalue weighted by Gasteiger charge is -2.30. The number of likely N-dealkylation sites (N-methyl/N-ethyl adjacent to an activating group) is 1. The normalized spacial score (nSPS) is 17.8. The Labute approximate surface area is 167 Å². The van der Waals surface area contributed by atoms with Crippen LogP contribution in [0.25, 0.3) is 0 Å². The summed E-state index contributed by atoms with van der Waals surface area (Å²) < 4.78 is 38.3. The van der Waals surface area contributed by atoms with E-state index in [-0.39, 0.29) is 28.6 Å². The Balaban J connectivity index is 2.06. The summed E-state index contributed by atoms with van der Waals surface area (Å²) in [6, 6.07) is 4.68. The van der Waals surface area contributed by atoms with E-state index in [1.807, 2.05) is 27.7 Å². The van der Waals surface area contributed by atoms with Crippen molar-refractivity contribution < 1.29 is 22.8 Å². The molecule has 0 saturated carbocycles. The largest absolute Gasteiger partial charge is 0.416 e. The van der Waals surface area contributed by atoms with Crippen LogP contribution in [0.1, 0.15) is 44.2 Å². The molecule has 0 radical (unpaired) electrons. The van der Waals surface area contributed by atoms with Gasteiger partial charge in [0.05, 0.1) is 11.3 Å². The van der Waals surface area contributed by atoms with Crippen LogP contribution in [0.4, 0.5) is 18.0 Å². The number of rotatable bonds is 5. The molecule has 1 aromatic carbocycles. The molecule has 2 rings (SSSR count). The molecule has 28 heavy (non-hydrogen) atoms. The number of carbonyl (C=O) groups is 2. The Morgan fingerprint density at radius 2 is 1.86 bits per heavy atom. The van der Waals surface area contributed by atoms with E-state index in [1.165, 1.54) is 23.9 Å². The number of halogens is 3. The molecule has 0 unspecified atom stereocenters. The van der Waals surface area contributed by atoms with Crippen LogP contribution in [0.15, 0.2) is 24.3 Å². The van der Waals surface area contributed by atoms with Crippen molar-refractivity contribution in [2.24, 2.45) is 0 Å². The van der Waals surface area contributed by atoms with E-state index in [0.29, 0.717) is 25.2 Å². The Kier molecular flexibility index (Phi) is 6.90. The minimum Gasteiger partial charge on any atom is -0.333 e. The van der Waals surface area contributed by atoms with Crippen molar-refractivity contribution in [2.75, 3.05) is 25.4 Å². The van der Waals surface area contributed by atoms with E-state index >= 15 is 0 Å². The maximum Gasteiger partial charge on any atom is 0.416 e. The number of amides is 3. The first-order valence-corrected chi connectivity index (χ1v) is 10.1. The molecular weight excluding hydrogens is 391 g/mol. The predicted molar refractivity (Wildman–Crippen MR) is 104 cm³/mol. The van der Waals surface area contributed by atoms with Gasteiger partial charge in [-0.2, -0.15) is 13.2 Å². The molecule has 9 heteroatoms. The van der Waals surface area contributed by atoms with E-state index in [4.69, 9.17) is 0 Å². The molecule has 1 saturated heterocycles. The lowest BCUT2D eigenvalue weighted by Crippen LogP contribution is -2.50. The second-order valence-corrected chi connectivity index (χ2v) is 8.70. The van der Waals surface area contributed by atoms with Crippen LogP contribution >= 0.6 is 11.8 Å². The second kappa shape index (κ2) is 8.63. The van der Waals surface area contributed by atoms with Crippen LogP contribution < -0.4 is 5.32 Å². The molecule has 1 aliphatic rings. The highest BCUT2D eigenvalue weighted by atomic mass is 32.2. The molecule has 0 spiro atoms. The summed E-state index contributed by atoms with van der Waals surface area (Å²) in [7, 11) is 0. The maximum atomic E-state index is 12.8. The second-order valence-electron chi connectivity index (χ2n) is 7.63. The van der Waals surface area contributed by atoms with Gasteiger partial charge in [0.2, 0.25) is 5.91 Å². The van der Waals surface area contributed by atoms with Gasteiger partial charge in [0.1, 0.15) is 5.37 Å². The van der Waals surface area contributed by atoms with E-state index in [9.17, 15) is 22.8 Å². The summed E-state index contributed by atoms with van der Waals surface area (Å²) >= 11 is 1.38. The number of thioether (sulfide) groups is 1. The van der Waals surface area contributed by atoms with Gasteiger partial charge in [-0.1, -0.05) is 12.1 Å². The molecule has 0 aliphatic carbocycles. The molecule has 156 valence electrons. The molecule has 1 atom stereocenters. The SMILES string of the molecule is CCN(CCN1C(=O)CS[C@H]1c1ccc(C(F)(F)F)cc1)C(=O)NC(C)(C)C. The number of carbonyl (C=O) groups excluding carboxylic acids is 2. The van der Waals surface area contributed by atoms with Gasteiger partial charge in [-0.3, -0.25) is 4.79 Å².